The zero-order valence-corrected chi connectivity index (χ0v) is 15.9. The van der Waals surface area contributed by atoms with Crippen molar-refractivity contribution < 1.29 is 13.9 Å². The van der Waals surface area contributed by atoms with Gasteiger partial charge in [0.15, 0.2) is 11.7 Å². The van der Waals surface area contributed by atoms with Crippen molar-refractivity contribution in [3.63, 3.8) is 0 Å². The number of piperidine rings is 1. The van der Waals surface area contributed by atoms with Crippen molar-refractivity contribution in [2.45, 2.75) is 26.3 Å². The first-order chi connectivity index (χ1) is 13.2. The fourth-order valence-electron chi connectivity index (χ4n) is 3.24. The van der Waals surface area contributed by atoms with Gasteiger partial charge in [0.2, 0.25) is 5.89 Å². The molecule has 0 aliphatic carbocycles. The van der Waals surface area contributed by atoms with Crippen LogP contribution in [0.5, 0.6) is 0 Å². The van der Waals surface area contributed by atoms with Gasteiger partial charge in [-0.3, -0.25) is 9.79 Å². The Morgan fingerprint density at radius 2 is 2.22 bits per heavy atom. The minimum atomic E-state index is -0.127. The highest BCUT2D eigenvalue weighted by Gasteiger charge is 2.28. The Morgan fingerprint density at radius 1 is 1.41 bits per heavy atom. The number of carbonyl (C=O) groups is 1. The lowest BCUT2D eigenvalue weighted by Crippen LogP contribution is -2.48. The average Bonchev–Trinajstić information content (AvgIpc) is 3.19. The smallest absolute Gasteiger partial charge is 0.310 e. The van der Waals surface area contributed by atoms with Gasteiger partial charge in [-0.25, -0.2) is 4.98 Å². The van der Waals surface area contributed by atoms with Gasteiger partial charge in [-0.2, -0.15) is 0 Å². The zero-order chi connectivity index (χ0) is 19.1. The largest absolute Gasteiger partial charge is 0.466 e. The molecule has 1 aromatic carbocycles. The Hall–Kier alpha value is -2.83. The van der Waals surface area contributed by atoms with Crippen LogP contribution in [0, 0.1) is 5.92 Å². The number of aromatic nitrogens is 1. The van der Waals surface area contributed by atoms with E-state index in [0.29, 0.717) is 25.6 Å². The van der Waals surface area contributed by atoms with Crippen LogP contribution in [0.1, 0.15) is 25.7 Å². The molecule has 0 radical (unpaired) electrons. The lowest BCUT2D eigenvalue weighted by Gasteiger charge is -2.33. The van der Waals surface area contributed by atoms with E-state index in [-0.39, 0.29) is 11.9 Å². The molecule has 2 heterocycles. The van der Waals surface area contributed by atoms with E-state index in [1.807, 2.05) is 37.3 Å². The topological polar surface area (TPSA) is 80.0 Å². The van der Waals surface area contributed by atoms with Crippen molar-refractivity contribution in [1.29, 1.82) is 0 Å². The molecule has 1 fully saturated rings. The lowest BCUT2D eigenvalue weighted by molar-refractivity contribution is -0.149. The fraction of sp³-hybridized carbons (Fsp3) is 0.450. The monoisotopic (exact) mass is 370 g/mol. The molecule has 0 saturated carbocycles. The highest BCUT2D eigenvalue weighted by molar-refractivity contribution is 5.81. The number of rotatable bonds is 5. The van der Waals surface area contributed by atoms with Gasteiger partial charge in [-0.15, -0.1) is 0 Å². The van der Waals surface area contributed by atoms with Crippen LogP contribution in [-0.4, -0.2) is 48.6 Å². The molecule has 2 aromatic rings. The van der Waals surface area contributed by atoms with Crippen molar-refractivity contribution in [1.82, 2.24) is 15.2 Å². The van der Waals surface area contributed by atoms with E-state index in [1.54, 1.807) is 13.2 Å². The number of guanidine groups is 1. The third-order valence-electron chi connectivity index (χ3n) is 4.56. The van der Waals surface area contributed by atoms with E-state index in [9.17, 15) is 4.79 Å². The standard InChI is InChI=1S/C20H26N4O3/c1-3-26-19(25)16-10-7-11-24(14-16)20(21-2)23-13-18-22-12-17(27-18)15-8-5-4-6-9-15/h4-6,8-9,12,16H,3,7,10-11,13-14H2,1-2H3,(H,21,23)/t16-/m1/s1. The molecule has 27 heavy (non-hydrogen) atoms. The number of carbonyl (C=O) groups excluding carboxylic acids is 1. The van der Waals surface area contributed by atoms with Gasteiger partial charge in [0.1, 0.15) is 0 Å². The van der Waals surface area contributed by atoms with E-state index in [1.165, 1.54) is 0 Å². The third kappa shape index (κ3) is 4.87. The van der Waals surface area contributed by atoms with Crippen LogP contribution >= 0.6 is 0 Å². The summed E-state index contributed by atoms with van der Waals surface area (Å²) in [5, 5.41) is 3.28. The lowest BCUT2D eigenvalue weighted by atomic mass is 9.98. The summed E-state index contributed by atoms with van der Waals surface area (Å²) in [6.45, 7) is 4.14. The number of likely N-dealkylation sites (tertiary alicyclic amines) is 1. The summed E-state index contributed by atoms with van der Waals surface area (Å²) in [4.78, 5) is 22.8. The van der Waals surface area contributed by atoms with Crippen molar-refractivity contribution >= 4 is 11.9 Å². The highest BCUT2D eigenvalue weighted by Crippen LogP contribution is 2.20. The Labute approximate surface area is 159 Å². The van der Waals surface area contributed by atoms with Crippen molar-refractivity contribution in [3.8, 4) is 11.3 Å². The quantitative estimate of drug-likeness (QED) is 0.495. The number of oxazole rings is 1. The highest BCUT2D eigenvalue weighted by atomic mass is 16.5. The second-order valence-electron chi connectivity index (χ2n) is 6.42. The van der Waals surface area contributed by atoms with Crippen LogP contribution in [0.4, 0.5) is 0 Å². The minimum absolute atomic E-state index is 0.108. The molecule has 0 spiro atoms. The molecule has 0 bridgehead atoms. The Bertz CT molecular complexity index is 773. The molecule has 7 nitrogen and oxygen atoms in total. The maximum absolute atomic E-state index is 12.0. The summed E-state index contributed by atoms with van der Waals surface area (Å²) in [5.41, 5.74) is 0.994. The third-order valence-corrected chi connectivity index (χ3v) is 4.56. The molecule has 1 atom stereocenters. The summed E-state index contributed by atoms with van der Waals surface area (Å²) in [6, 6.07) is 9.87. The van der Waals surface area contributed by atoms with Gasteiger partial charge in [-0.1, -0.05) is 30.3 Å². The van der Waals surface area contributed by atoms with E-state index in [4.69, 9.17) is 9.15 Å². The van der Waals surface area contributed by atoms with Gasteiger partial charge in [0.05, 0.1) is 25.3 Å². The Kier molecular flexibility index (Phi) is 6.46. The molecule has 1 aromatic heterocycles. The van der Waals surface area contributed by atoms with Crippen LogP contribution < -0.4 is 5.32 Å². The average molecular weight is 370 g/mol. The van der Waals surface area contributed by atoms with E-state index in [0.717, 1.165) is 36.7 Å². The van der Waals surface area contributed by atoms with E-state index >= 15 is 0 Å². The normalized spacial score (nSPS) is 17.6. The summed E-state index contributed by atoms with van der Waals surface area (Å²) < 4.78 is 11.0. The molecule has 1 aliphatic heterocycles. The number of esters is 1. The van der Waals surface area contributed by atoms with Crippen molar-refractivity contribution in [2.75, 3.05) is 26.7 Å². The van der Waals surface area contributed by atoms with Gasteiger partial charge >= 0.3 is 5.97 Å². The van der Waals surface area contributed by atoms with Gasteiger partial charge in [0.25, 0.3) is 0 Å². The Balaban J connectivity index is 1.58. The number of nitrogens with zero attached hydrogens (tertiary/aromatic N) is 3. The number of hydrogen-bond donors (Lipinski definition) is 1. The molecule has 0 amide bonds. The Morgan fingerprint density at radius 3 is 2.96 bits per heavy atom. The molecule has 3 rings (SSSR count). The van der Waals surface area contributed by atoms with Crippen LogP contribution in [0.15, 0.2) is 45.9 Å². The van der Waals surface area contributed by atoms with Gasteiger partial charge in [0, 0.05) is 25.7 Å². The SMILES string of the molecule is CCOC(=O)[C@@H]1CCCN(C(=NC)NCc2ncc(-c3ccccc3)o2)C1. The predicted molar refractivity (Wildman–Crippen MR) is 103 cm³/mol. The summed E-state index contributed by atoms with van der Waals surface area (Å²) in [6.07, 6.45) is 3.51. The van der Waals surface area contributed by atoms with Crippen molar-refractivity contribution in [3.05, 3.63) is 42.4 Å². The fourth-order valence-corrected chi connectivity index (χ4v) is 3.24. The molecule has 1 aliphatic rings. The van der Waals surface area contributed by atoms with Gasteiger partial charge < -0.3 is 19.4 Å². The van der Waals surface area contributed by atoms with Crippen LogP contribution in [0.3, 0.4) is 0 Å². The first-order valence-electron chi connectivity index (χ1n) is 9.33. The molecular formula is C20H26N4O3. The molecule has 1 N–H and O–H groups in total. The maximum atomic E-state index is 12.0. The number of benzene rings is 1. The number of nitrogens with one attached hydrogen (secondary N) is 1. The number of ether oxygens (including phenoxy) is 1. The van der Waals surface area contributed by atoms with Crippen molar-refractivity contribution in [2.24, 2.45) is 10.9 Å². The number of aliphatic imine (C=N–C) groups is 1. The molecular weight excluding hydrogens is 344 g/mol. The van der Waals surface area contributed by atoms with Crippen LogP contribution in [-0.2, 0) is 16.1 Å². The van der Waals surface area contributed by atoms with Gasteiger partial charge in [-0.05, 0) is 19.8 Å². The zero-order valence-electron chi connectivity index (χ0n) is 15.9. The van der Waals surface area contributed by atoms with Crippen LogP contribution in [0.2, 0.25) is 0 Å². The summed E-state index contributed by atoms with van der Waals surface area (Å²) in [7, 11) is 1.74. The summed E-state index contributed by atoms with van der Waals surface area (Å²) >= 11 is 0. The first-order valence-corrected chi connectivity index (χ1v) is 9.33. The van der Waals surface area contributed by atoms with E-state index in [2.05, 4.69) is 20.2 Å². The summed E-state index contributed by atoms with van der Waals surface area (Å²) in [5.74, 6) is 1.83. The second kappa shape index (κ2) is 9.21. The molecule has 0 unspecified atom stereocenters. The second-order valence-corrected chi connectivity index (χ2v) is 6.42. The molecule has 1 saturated heterocycles. The van der Waals surface area contributed by atoms with E-state index < -0.39 is 0 Å². The molecule has 144 valence electrons. The maximum Gasteiger partial charge on any atom is 0.310 e. The number of hydrogen-bond acceptors (Lipinski definition) is 5. The minimum Gasteiger partial charge on any atom is -0.466 e. The first kappa shape index (κ1) is 18.9. The van der Waals surface area contributed by atoms with Crippen LogP contribution in [0.25, 0.3) is 11.3 Å². The molecule has 7 heteroatoms. The predicted octanol–water partition coefficient (Wildman–Crippen LogP) is 2.69.